The average Bonchev–Trinajstić information content (AvgIpc) is 2.75. The van der Waals surface area contributed by atoms with Crippen LogP contribution in [0, 0.1) is 0 Å². The zero-order chi connectivity index (χ0) is 24.9. The second-order valence-corrected chi connectivity index (χ2v) is 9.90. The maximum Gasteiger partial charge on any atom is 0.262 e. The van der Waals surface area contributed by atoms with Gasteiger partial charge in [0.1, 0.15) is 5.75 Å². The summed E-state index contributed by atoms with van der Waals surface area (Å²) in [6.45, 7) is 8.38. The van der Waals surface area contributed by atoms with Gasteiger partial charge in [0, 0.05) is 28.4 Å². The molecule has 8 nitrogen and oxygen atoms in total. The van der Waals surface area contributed by atoms with E-state index in [1.54, 1.807) is 49.6 Å². The van der Waals surface area contributed by atoms with E-state index in [0.717, 1.165) is 12.8 Å². The Morgan fingerprint density at radius 1 is 0.941 bits per heavy atom. The Hall–Kier alpha value is -3.26. The van der Waals surface area contributed by atoms with E-state index in [2.05, 4.69) is 43.6 Å². The summed E-state index contributed by atoms with van der Waals surface area (Å²) in [5.41, 5.74) is 0.974. The lowest BCUT2D eigenvalue weighted by Crippen LogP contribution is -2.62. The van der Waals surface area contributed by atoms with Gasteiger partial charge >= 0.3 is 0 Å². The summed E-state index contributed by atoms with van der Waals surface area (Å²) in [5, 5.41) is 9.53. The molecule has 0 radical (unpaired) electrons. The van der Waals surface area contributed by atoms with Crippen molar-refractivity contribution in [3.8, 4) is 17.2 Å². The molecule has 0 bridgehead atoms. The Labute approximate surface area is 201 Å². The second kappa shape index (κ2) is 10.3. The lowest BCUT2D eigenvalue weighted by atomic mass is 9.79. The van der Waals surface area contributed by atoms with E-state index in [0.29, 0.717) is 28.5 Å². The highest BCUT2D eigenvalue weighted by Crippen LogP contribution is 2.30. The Bertz CT molecular complexity index is 1000. The van der Waals surface area contributed by atoms with Gasteiger partial charge in [0.15, 0.2) is 18.1 Å². The van der Waals surface area contributed by atoms with Crippen LogP contribution in [0.2, 0.25) is 0 Å². The number of ether oxygens (including phenoxy) is 3. The second-order valence-electron chi connectivity index (χ2n) is 9.90. The molecular formula is C26H35N3O5. The van der Waals surface area contributed by atoms with E-state index in [9.17, 15) is 9.59 Å². The fourth-order valence-corrected chi connectivity index (χ4v) is 4.64. The molecule has 1 fully saturated rings. The van der Waals surface area contributed by atoms with Crippen molar-refractivity contribution in [2.45, 2.75) is 57.7 Å². The third-order valence-corrected chi connectivity index (χ3v) is 5.68. The van der Waals surface area contributed by atoms with Gasteiger partial charge in [-0.05, 0) is 83.0 Å². The van der Waals surface area contributed by atoms with Crippen LogP contribution in [0.1, 0.15) is 50.9 Å². The molecule has 0 saturated carbocycles. The molecule has 2 aromatic carbocycles. The minimum atomic E-state index is -0.315. The maximum absolute atomic E-state index is 12.9. The van der Waals surface area contributed by atoms with Crippen LogP contribution in [0.15, 0.2) is 42.5 Å². The van der Waals surface area contributed by atoms with E-state index in [1.165, 1.54) is 7.11 Å². The SMILES string of the molecule is COc1ccc(NC(=O)COc2ccc(C(=O)NC3CC(C)(C)NC(C)(C)C3)cc2OC)cc1. The quantitative estimate of drug-likeness (QED) is 0.545. The molecule has 3 rings (SSSR count). The zero-order valence-corrected chi connectivity index (χ0v) is 20.8. The standard InChI is InChI=1S/C26H35N3O5/c1-25(2)14-19(15-26(3,4)29-25)28-24(31)17-7-12-21(22(13-17)33-6)34-16-23(30)27-18-8-10-20(32-5)11-9-18/h7-13,19,29H,14-16H2,1-6H3,(H,27,30)(H,28,31). The number of amides is 2. The molecule has 2 aromatic rings. The summed E-state index contributed by atoms with van der Waals surface area (Å²) < 4.78 is 16.2. The van der Waals surface area contributed by atoms with Crippen molar-refractivity contribution >= 4 is 17.5 Å². The van der Waals surface area contributed by atoms with Crippen LogP contribution in [0.25, 0.3) is 0 Å². The lowest BCUT2D eigenvalue weighted by molar-refractivity contribution is -0.118. The maximum atomic E-state index is 12.9. The Balaban J connectivity index is 1.60. The number of methoxy groups -OCH3 is 2. The van der Waals surface area contributed by atoms with Crippen LogP contribution in [0.4, 0.5) is 5.69 Å². The molecule has 1 saturated heterocycles. The predicted octanol–water partition coefficient (Wildman–Crippen LogP) is 3.76. The van der Waals surface area contributed by atoms with E-state index in [4.69, 9.17) is 14.2 Å². The number of nitrogens with one attached hydrogen (secondary N) is 3. The minimum absolute atomic E-state index is 0.0577. The molecule has 184 valence electrons. The van der Waals surface area contributed by atoms with Crippen molar-refractivity contribution < 1.29 is 23.8 Å². The fraction of sp³-hybridized carbons (Fsp3) is 0.462. The summed E-state index contributed by atoms with van der Waals surface area (Å²) in [4.78, 5) is 25.2. The van der Waals surface area contributed by atoms with E-state index < -0.39 is 0 Å². The molecule has 0 atom stereocenters. The van der Waals surface area contributed by atoms with Gasteiger partial charge in [-0.15, -0.1) is 0 Å². The van der Waals surface area contributed by atoms with Crippen molar-refractivity contribution in [1.82, 2.24) is 10.6 Å². The Kier molecular flexibility index (Phi) is 7.71. The highest BCUT2D eigenvalue weighted by atomic mass is 16.5. The van der Waals surface area contributed by atoms with Crippen LogP contribution in [0.3, 0.4) is 0 Å². The van der Waals surface area contributed by atoms with Gasteiger partial charge in [0.05, 0.1) is 14.2 Å². The first-order chi connectivity index (χ1) is 16.0. The van der Waals surface area contributed by atoms with Crippen molar-refractivity contribution in [3.63, 3.8) is 0 Å². The normalized spacial score (nSPS) is 16.9. The molecule has 8 heteroatoms. The fourth-order valence-electron chi connectivity index (χ4n) is 4.64. The molecule has 0 spiro atoms. The number of hydrogen-bond donors (Lipinski definition) is 3. The van der Waals surface area contributed by atoms with Gasteiger partial charge in [-0.3, -0.25) is 9.59 Å². The number of hydrogen-bond acceptors (Lipinski definition) is 6. The van der Waals surface area contributed by atoms with Crippen LogP contribution < -0.4 is 30.2 Å². The number of anilines is 1. The molecule has 3 N–H and O–H groups in total. The summed E-state index contributed by atoms with van der Waals surface area (Å²) in [6.07, 6.45) is 1.67. The molecule has 0 unspecified atom stereocenters. The zero-order valence-electron chi connectivity index (χ0n) is 20.8. The number of rotatable bonds is 8. The van der Waals surface area contributed by atoms with Crippen LogP contribution in [-0.2, 0) is 4.79 Å². The van der Waals surface area contributed by atoms with Gasteiger partial charge in [0.2, 0.25) is 0 Å². The van der Waals surface area contributed by atoms with Crippen LogP contribution in [-0.4, -0.2) is 49.8 Å². The number of carbonyl (C=O) groups excluding carboxylic acids is 2. The summed E-state index contributed by atoms with van der Waals surface area (Å²) in [6, 6.07) is 12.0. The minimum Gasteiger partial charge on any atom is -0.497 e. The van der Waals surface area contributed by atoms with Gasteiger partial charge in [-0.25, -0.2) is 0 Å². The third-order valence-electron chi connectivity index (χ3n) is 5.68. The smallest absolute Gasteiger partial charge is 0.262 e. The van der Waals surface area contributed by atoms with Gasteiger partial charge < -0.3 is 30.2 Å². The first-order valence-electron chi connectivity index (χ1n) is 11.4. The average molecular weight is 470 g/mol. The van der Waals surface area contributed by atoms with Crippen LogP contribution in [0.5, 0.6) is 17.2 Å². The van der Waals surface area contributed by atoms with E-state index in [-0.39, 0.29) is 35.5 Å². The molecule has 34 heavy (non-hydrogen) atoms. The molecular weight excluding hydrogens is 434 g/mol. The van der Waals surface area contributed by atoms with Crippen LogP contribution >= 0.6 is 0 Å². The van der Waals surface area contributed by atoms with E-state index in [1.807, 2.05) is 0 Å². The molecule has 2 amide bonds. The molecule has 1 heterocycles. The summed E-state index contributed by atoms with van der Waals surface area (Å²) >= 11 is 0. The summed E-state index contributed by atoms with van der Waals surface area (Å²) in [5.74, 6) is 0.991. The molecule has 0 aromatic heterocycles. The third kappa shape index (κ3) is 6.87. The number of benzene rings is 2. The molecule has 1 aliphatic heterocycles. The van der Waals surface area contributed by atoms with Gasteiger partial charge in [0.25, 0.3) is 11.8 Å². The topological polar surface area (TPSA) is 97.9 Å². The van der Waals surface area contributed by atoms with Crippen molar-refractivity contribution in [2.24, 2.45) is 0 Å². The largest absolute Gasteiger partial charge is 0.497 e. The first-order valence-corrected chi connectivity index (χ1v) is 11.4. The molecule has 0 aliphatic carbocycles. The predicted molar refractivity (Wildman–Crippen MR) is 132 cm³/mol. The van der Waals surface area contributed by atoms with Crippen molar-refractivity contribution in [1.29, 1.82) is 0 Å². The van der Waals surface area contributed by atoms with Gasteiger partial charge in [-0.1, -0.05) is 0 Å². The van der Waals surface area contributed by atoms with Gasteiger partial charge in [-0.2, -0.15) is 0 Å². The van der Waals surface area contributed by atoms with Crippen molar-refractivity contribution in [2.75, 3.05) is 26.1 Å². The lowest BCUT2D eigenvalue weighted by Gasteiger charge is -2.46. The Morgan fingerprint density at radius 3 is 2.18 bits per heavy atom. The number of piperidine rings is 1. The monoisotopic (exact) mass is 469 g/mol. The number of carbonyl (C=O) groups is 2. The van der Waals surface area contributed by atoms with Crippen molar-refractivity contribution in [3.05, 3.63) is 48.0 Å². The highest BCUT2D eigenvalue weighted by Gasteiger charge is 2.38. The Morgan fingerprint density at radius 2 is 1.59 bits per heavy atom. The highest BCUT2D eigenvalue weighted by molar-refractivity contribution is 5.95. The molecule has 1 aliphatic rings. The summed E-state index contributed by atoms with van der Waals surface area (Å²) in [7, 11) is 3.08. The first kappa shape index (κ1) is 25.4. The van der Waals surface area contributed by atoms with E-state index >= 15 is 0 Å².